The van der Waals surface area contributed by atoms with E-state index in [4.69, 9.17) is 0 Å². The first kappa shape index (κ1) is 12.4. The molecule has 1 aliphatic heterocycles. The Morgan fingerprint density at radius 3 is 2.53 bits per heavy atom. The summed E-state index contributed by atoms with van der Waals surface area (Å²) in [7, 11) is 0. The molecule has 3 heteroatoms. The highest BCUT2D eigenvalue weighted by atomic mass is 16.2. The van der Waals surface area contributed by atoms with Gasteiger partial charge in [-0.3, -0.25) is 4.79 Å². The van der Waals surface area contributed by atoms with Gasteiger partial charge in [-0.1, -0.05) is 26.7 Å². The van der Waals surface area contributed by atoms with E-state index >= 15 is 0 Å². The molecular formula is C14H22N2O. The van der Waals surface area contributed by atoms with Crippen molar-refractivity contribution in [2.24, 2.45) is 17.3 Å². The van der Waals surface area contributed by atoms with E-state index in [9.17, 15) is 10.1 Å². The Bertz CT molecular complexity index is 337. The highest BCUT2D eigenvalue weighted by molar-refractivity contribution is 5.86. The summed E-state index contributed by atoms with van der Waals surface area (Å²) in [6.45, 7) is 6.15. The molecule has 17 heavy (non-hydrogen) atoms. The monoisotopic (exact) mass is 234 g/mol. The van der Waals surface area contributed by atoms with Gasteiger partial charge in [-0.05, 0) is 31.1 Å². The molecule has 0 aromatic carbocycles. The Balaban J connectivity index is 2.04. The molecular weight excluding hydrogens is 212 g/mol. The maximum absolute atomic E-state index is 12.5. The second-order valence-electron chi connectivity index (χ2n) is 5.94. The van der Waals surface area contributed by atoms with Crippen molar-refractivity contribution in [1.29, 1.82) is 5.26 Å². The van der Waals surface area contributed by atoms with Crippen LogP contribution >= 0.6 is 0 Å². The van der Waals surface area contributed by atoms with E-state index in [-0.39, 0.29) is 5.91 Å². The molecule has 1 heterocycles. The number of carbonyl (C=O) groups excluding carboxylic acids is 1. The van der Waals surface area contributed by atoms with E-state index in [1.54, 1.807) is 0 Å². The fraction of sp³-hybridized carbons (Fsp3) is 0.857. The third-order valence-corrected chi connectivity index (χ3v) is 4.54. The van der Waals surface area contributed by atoms with Crippen LogP contribution in [0.3, 0.4) is 0 Å². The van der Waals surface area contributed by atoms with Crippen molar-refractivity contribution < 1.29 is 4.79 Å². The van der Waals surface area contributed by atoms with Crippen LogP contribution in [0.25, 0.3) is 0 Å². The van der Waals surface area contributed by atoms with E-state index < -0.39 is 5.41 Å². The Labute approximate surface area is 104 Å². The normalized spacial score (nSPS) is 27.4. The zero-order valence-corrected chi connectivity index (χ0v) is 10.9. The predicted octanol–water partition coefficient (Wildman–Crippen LogP) is 2.57. The van der Waals surface area contributed by atoms with Gasteiger partial charge in [-0.25, -0.2) is 0 Å². The highest BCUT2D eigenvalue weighted by Crippen LogP contribution is 2.40. The van der Waals surface area contributed by atoms with Gasteiger partial charge in [0.1, 0.15) is 5.41 Å². The SMILES string of the molecule is CC(C)C1CCN(C(=O)C2(C#N)CCCC2)C1. The molecule has 0 N–H and O–H groups in total. The quantitative estimate of drug-likeness (QED) is 0.737. The molecule has 94 valence electrons. The molecule has 2 aliphatic rings. The van der Waals surface area contributed by atoms with Crippen molar-refractivity contribution in [2.45, 2.75) is 46.0 Å². The van der Waals surface area contributed by atoms with Crippen molar-refractivity contribution in [1.82, 2.24) is 4.90 Å². The molecule has 2 rings (SSSR count). The van der Waals surface area contributed by atoms with Crippen LogP contribution in [0, 0.1) is 28.6 Å². The molecule has 0 spiro atoms. The number of hydrogen-bond acceptors (Lipinski definition) is 2. The molecule has 0 radical (unpaired) electrons. The summed E-state index contributed by atoms with van der Waals surface area (Å²) < 4.78 is 0. The van der Waals surface area contributed by atoms with E-state index in [1.807, 2.05) is 4.90 Å². The van der Waals surface area contributed by atoms with Crippen LogP contribution in [0.4, 0.5) is 0 Å². The minimum absolute atomic E-state index is 0.112. The summed E-state index contributed by atoms with van der Waals surface area (Å²) in [5, 5.41) is 9.32. The van der Waals surface area contributed by atoms with Crippen LogP contribution in [-0.4, -0.2) is 23.9 Å². The molecule has 0 bridgehead atoms. The van der Waals surface area contributed by atoms with E-state index in [0.29, 0.717) is 11.8 Å². The zero-order valence-electron chi connectivity index (χ0n) is 10.9. The molecule has 0 aromatic heterocycles. The number of nitriles is 1. The van der Waals surface area contributed by atoms with E-state index in [1.165, 1.54) is 0 Å². The topological polar surface area (TPSA) is 44.1 Å². The van der Waals surface area contributed by atoms with Crippen molar-refractivity contribution >= 4 is 5.91 Å². The van der Waals surface area contributed by atoms with Crippen LogP contribution in [-0.2, 0) is 4.79 Å². The maximum Gasteiger partial charge on any atom is 0.243 e. The van der Waals surface area contributed by atoms with Crippen LogP contribution in [0.5, 0.6) is 0 Å². The van der Waals surface area contributed by atoms with Gasteiger partial charge in [-0.2, -0.15) is 5.26 Å². The second kappa shape index (κ2) is 4.68. The molecule has 1 saturated carbocycles. The lowest BCUT2D eigenvalue weighted by Gasteiger charge is -2.26. The number of amides is 1. The molecule has 2 fully saturated rings. The lowest BCUT2D eigenvalue weighted by atomic mass is 9.86. The predicted molar refractivity (Wildman–Crippen MR) is 66.0 cm³/mol. The van der Waals surface area contributed by atoms with Gasteiger partial charge in [0.05, 0.1) is 6.07 Å². The van der Waals surface area contributed by atoms with E-state index in [0.717, 1.165) is 45.2 Å². The smallest absolute Gasteiger partial charge is 0.243 e. The zero-order chi connectivity index (χ0) is 12.5. The minimum atomic E-state index is -0.675. The van der Waals surface area contributed by atoms with Crippen LogP contribution in [0.1, 0.15) is 46.0 Å². The fourth-order valence-electron chi connectivity index (χ4n) is 3.17. The summed E-state index contributed by atoms with van der Waals surface area (Å²) in [6.07, 6.45) is 4.70. The highest BCUT2D eigenvalue weighted by Gasteiger charge is 2.45. The Hall–Kier alpha value is -1.04. The van der Waals surface area contributed by atoms with Gasteiger partial charge in [0.25, 0.3) is 0 Å². The molecule has 0 aromatic rings. The maximum atomic E-state index is 12.5. The summed E-state index contributed by atoms with van der Waals surface area (Å²) >= 11 is 0. The molecule has 1 atom stereocenters. The Kier molecular flexibility index (Phi) is 3.42. The summed E-state index contributed by atoms with van der Waals surface area (Å²) in [4.78, 5) is 14.4. The Morgan fingerprint density at radius 1 is 1.41 bits per heavy atom. The summed E-state index contributed by atoms with van der Waals surface area (Å²) in [5.41, 5.74) is -0.675. The lowest BCUT2D eigenvalue weighted by molar-refractivity contribution is -0.137. The average Bonchev–Trinajstić information content (AvgIpc) is 2.98. The van der Waals surface area contributed by atoms with Crippen LogP contribution in [0.15, 0.2) is 0 Å². The van der Waals surface area contributed by atoms with Crippen molar-refractivity contribution in [3.05, 3.63) is 0 Å². The first-order valence-corrected chi connectivity index (χ1v) is 6.80. The Morgan fingerprint density at radius 2 is 2.06 bits per heavy atom. The van der Waals surface area contributed by atoms with Crippen molar-refractivity contribution in [2.75, 3.05) is 13.1 Å². The van der Waals surface area contributed by atoms with Gasteiger partial charge in [-0.15, -0.1) is 0 Å². The number of nitrogens with zero attached hydrogens (tertiary/aromatic N) is 2. The standard InChI is InChI=1S/C14H22N2O/c1-11(2)12-5-8-16(9-12)13(17)14(10-15)6-3-4-7-14/h11-12H,3-9H2,1-2H3. The van der Waals surface area contributed by atoms with Gasteiger partial charge < -0.3 is 4.90 Å². The molecule has 1 unspecified atom stereocenters. The average molecular weight is 234 g/mol. The lowest BCUT2D eigenvalue weighted by Crippen LogP contribution is -2.41. The summed E-state index contributed by atoms with van der Waals surface area (Å²) in [5.74, 6) is 1.37. The van der Waals surface area contributed by atoms with Crippen molar-refractivity contribution in [3.8, 4) is 6.07 Å². The number of rotatable bonds is 2. The number of carbonyl (C=O) groups is 1. The molecule has 1 saturated heterocycles. The number of likely N-dealkylation sites (tertiary alicyclic amines) is 1. The minimum Gasteiger partial charge on any atom is -0.341 e. The van der Waals surface area contributed by atoms with Crippen LogP contribution < -0.4 is 0 Å². The van der Waals surface area contributed by atoms with Crippen molar-refractivity contribution in [3.63, 3.8) is 0 Å². The largest absolute Gasteiger partial charge is 0.341 e. The third kappa shape index (κ3) is 2.18. The van der Waals surface area contributed by atoms with E-state index in [2.05, 4.69) is 19.9 Å². The fourth-order valence-corrected chi connectivity index (χ4v) is 3.17. The van der Waals surface area contributed by atoms with Gasteiger partial charge in [0, 0.05) is 13.1 Å². The summed E-state index contributed by atoms with van der Waals surface area (Å²) in [6, 6.07) is 2.31. The van der Waals surface area contributed by atoms with Gasteiger partial charge >= 0.3 is 0 Å². The number of hydrogen-bond donors (Lipinski definition) is 0. The van der Waals surface area contributed by atoms with Crippen LogP contribution in [0.2, 0.25) is 0 Å². The third-order valence-electron chi connectivity index (χ3n) is 4.54. The molecule has 1 amide bonds. The van der Waals surface area contributed by atoms with Gasteiger partial charge in [0.2, 0.25) is 5.91 Å². The first-order chi connectivity index (χ1) is 8.09. The second-order valence-corrected chi connectivity index (χ2v) is 5.94. The molecule has 1 aliphatic carbocycles. The van der Waals surface area contributed by atoms with Gasteiger partial charge in [0.15, 0.2) is 0 Å². The molecule has 3 nitrogen and oxygen atoms in total. The first-order valence-electron chi connectivity index (χ1n) is 6.80.